The van der Waals surface area contributed by atoms with Gasteiger partial charge in [0.05, 0.1) is 24.9 Å². The Hall–Kier alpha value is -3.59. The molecule has 2 heterocycles. The smallest absolute Gasteiger partial charge is 0.278 e. The Morgan fingerprint density at radius 3 is 2.72 bits per heavy atom. The van der Waals surface area contributed by atoms with Crippen LogP contribution in [-0.4, -0.2) is 38.3 Å². The average molecular weight is 407 g/mol. The van der Waals surface area contributed by atoms with Crippen molar-refractivity contribution in [3.05, 3.63) is 71.3 Å². The Labute approximate surface area is 170 Å². The summed E-state index contributed by atoms with van der Waals surface area (Å²) >= 11 is 1.22. The summed E-state index contributed by atoms with van der Waals surface area (Å²) in [7, 11) is 1.55. The summed E-state index contributed by atoms with van der Waals surface area (Å²) in [5, 5.41) is 3.34. The standard InChI is InChI=1S/C20H17N5O3S/c1-28-15-10-6-5-9-14(15)23-16(26)11-29-20-24-17-18(21-12-22-19(17)27)25(20)13-7-3-2-4-8-13/h2-10,12H,11H2,1H3,(H,23,26)(H,21,22,27). The zero-order valence-electron chi connectivity index (χ0n) is 15.5. The van der Waals surface area contributed by atoms with Gasteiger partial charge in [-0.15, -0.1) is 0 Å². The van der Waals surface area contributed by atoms with Gasteiger partial charge < -0.3 is 15.0 Å². The van der Waals surface area contributed by atoms with E-state index in [2.05, 4.69) is 20.3 Å². The number of thioether (sulfide) groups is 1. The summed E-state index contributed by atoms with van der Waals surface area (Å²) in [6.07, 6.45) is 1.34. The predicted molar refractivity (Wildman–Crippen MR) is 112 cm³/mol. The van der Waals surface area contributed by atoms with E-state index in [0.717, 1.165) is 5.69 Å². The lowest BCUT2D eigenvalue weighted by molar-refractivity contribution is -0.113. The number of hydrogen-bond acceptors (Lipinski definition) is 6. The number of anilines is 1. The van der Waals surface area contributed by atoms with E-state index in [1.54, 1.807) is 23.8 Å². The van der Waals surface area contributed by atoms with Gasteiger partial charge in [-0.3, -0.25) is 14.2 Å². The molecule has 0 radical (unpaired) electrons. The number of carbonyl (C=O) groups excluding carboxylic acids is 1. The summed E-state index contributed by atoms with van der Waals surface area (Å²) in [5.74, 6) is 0.470. The monoisotopic (exact) mass is 407 g/mol. The Bertz CT molecular complexity index is 1220. The molecule has 4 rings (SSSR count). The van der Waals surface area contributed by atoms with Crippen molar-refractivity contribution in [2.45, 2.75) is 5.16 Å². The quantitative estimate of drug-likeness (QED) is 0.477. The fraction of sp³-hybridized carbons (Fsp3) is 0.100. The summed E-state index contributed by atoms with van der Waals surface area (Å²) in [6.45, 7) is 0. The molecule has 1 amide bonds. The molecule has 0 unspecified atom stereocenters. The highest BCUT2D eigenvalue weighted by atomic mass is 32.2. The molecule has 0 saturated heterocycles. The number of aromatic nitrogens is 4. The zero-order valence-corrected chi connectivity index (χ0v) is 16.3. The van der Waals surface area contributed by atoms with Crippen molar-refractivity contribution >= 4 is 34.5 Å². The molecular weight excluding hydrogens is 390 g/mol. The van der Waals surface area contributed by atoms with Crippen molar-refractivity contribution in [2.24, 2.45) is 0 Å². The predicted octanol–water partition coefficient (Wildman–Crippen LogP) is 2.85. The van der Waals surface area contributed by atoms with Gasteiger partial charge >= 0.3 is 0 Å². The normalized spacial score (nSPS) is 10.8. The summed E-state index contributed by atoms with van der Waals surface area (Å²) in [5.41, 5.74) is 1.73. The molecule has 0 fully saturated rings. The molecular formula is C20H17N5O3S. The van der Waals surface area contributed by atoms with Crippen molar-refractivity contribution in [1.82, 2.24) is 19.5 Å². The van der Waals surface area contributed by atoms with E-state index in [4.69, 9.17) is 4.74 Å². The Kier molecular flexibility index (Phi) is 5.30. The molecule has 0 aliphatic rings. The number of rotatable bonds is 6. The molecule has 0 spiro atoms. The van der Waals surface area contributed by atoms with E-state index in [1.807, 2.05) is 42.5 Å². The Morgan fingerprint density at radius 1 is 1.17 bits per heavy atom. The molecule has 0 bridgehead atoms. The first-order valence-corrected chi connectivity index (χ1v) is 9.73. The van der Waals surface area contributed by atoms with E-state index >= 15 is 0 Å². The summed E-state index contributed by atoms with van der Waals surface area (Å²) in [6, 6.07) is 16.6. The number of methoxy groups -OCH3 is 1. The molecule has 2 aromatic heterocycles. The second kappa shape index (κ2) is 8.19. The molecule has 29 heavy (non-hydrogen) atoms. The van der Waals surface area contributed by atoms with Gasteiger partial charge in [0, 0.05) is 5.69 Å². The number of imidazole rings is 1. The number of hydrogen-bond donors (Lipinski definition) is 2. The number of benzene rings is 2. The molecule has 0 saturated carbocycles. The first-order chi connectivity index (χ1) is 14.2. The summed E-state index contributed by atoms with van der Waals surface area (Å²) < 4.78 is 7.02. The second-order valence-electron chi connectivity index (χ2n) is 6.01. The number of amides is 1. The van der Waals surface area contributed by atoms with Crippen LogP contribution in [0.5, 0.6) is 5.75 Å². The third-order valence-corrected chi connectivity index (χ3v) is 5.09. The summed E-state index contributed by atoms with van der Waals surface area (Å²) in [4.78, 5) is 35.8. The molecule has 0 aliphatic carbocycles. The van der Waals surface area contributed by atoms with Crippen molar-refractivity contribution in [2.75, 3.05) is 18.2 Å². The van der Waals surface area contributed by atoms with E-state index < -0.39 is 0 Å². The molecule has 4 aromatic rings. The Balaban J connectivity index is 1.62. The molecule has 8 nitrogen and oxygen atoms in total. The van der Waals surface area contributed by atoms with Crippen LogP contribution in [0.1, 0.15) is 0 Å². The van der Waals surface area contributed by atoms with Gasteiger partial charge in [0.1, 0.15) is 5.75 Å². The average Bonchev–Trinajstić information content (AvgIpc) is 3.13. The minimum atomic E-state index is -0.329. The van der Waals surface area contributed by atoms with Crippen LogP contribution < -0.4 is 15.6 Å². The molecule has 2 N–H and O–H groups in total. The molecule has 2 aromatic carbocycles. The zero-order chi connectivity index (χ0) is 20.2. The lowest BCUT2D eigenvalue weighted by Crippen LogP contribution is -2.15. The number of carbonyl (C=O) groups is 1. The number of para-hydroxylation sites is 3. The number of nitrogens with one attached hydrogen (secondary N) is 2. The highest BCUT2D eigenvalue weighted by Crippen LogP contribution is 2.27. The van der Waals surface area contributed by atoms with Crippen molar-refractivity contribution in [3.63, 3.8) is 0 Å². The number of ether oxygens (including phenoxy) is 1. The van der Waals surface area contributed by atoms with Crippen LogP contribution in [0.15, 0.2) is 70.9 Å². The highest BCUT2D eigenvalue weighted by Gasteiger charge is 2.18. The van der Waals surface area contributed by atoms with Crippen molar-refractivity contribution < 1.29 is 9.53 Å². The van der Waals surface area contributed by atoms with E-state index in [0.29, 0.717) is 22.2 Å². The second-order valence-corrected chi connectivity index (χ2v) is 6.95. The number of nitrogens with zero attached hydrogens (tertiary/aromatic N) is 3. The van der Waals surface area contributed by atoms with Gasteiger partial charge in [0.2, 0.25) is 5.91 Å². The highest BCUT2D eigenvalue weighted by molar-refractivity contribution is 7.99. The van der Waals surface area contributed by atoms with E-state index in [9.17, 15) is 9.59 Å². The third-order valence-electron chi connectivity index (χ3n) is 4.15. The minimum absolute atomic E-state index is 0.103. The van der Waals surface area contributed by atoms with Crippen molar-refractivity contribution in [1.29, 1.82) is 0 Å². The molecule has 9 heteroatoms. The third kappa shape index (κ3) is 3.85. The van der Waals surface area contributed by atoms with Gasteiger partial charge in [-0.2, -0.15) is 0 Å². The maximum absolute atomic E-state index is 12.5. The van der Waals surface area contributed by atoms with Crippen LogP contribution in [0.2, 0.25) is 0 Å². The van der Waals surface area contributed by atoms with Crippen LogP contribution in [0.4, 0.5) is 5.69 Å². The maximum atomic E-state index is 12.5. The lowest BCUT2D eigenvalue weighted by atomic mass is 10.3. The molecule has 0 aliphatic heterocycles. The number of fused-ring (bicyclic) bond motifs is 1. The first-order valence-electron chi connectivity index (χ1n) is 8.74. The lowest BCUT2D eigenvalue weighted by Gasteiger charge is -2.10. The van der Waals surface area contributed by atoms with Crippen LogP contribution in [0.3, 0.4) is 0 Å². The van der Waals surface area contributed by atoms with Gasteiger partial charge in [-0.05, 0) is 24.3 Å². The van der Waals surface area contributed by atoms with E-state index in [-0.39, 0.29) is 22.7 Å². The van der Waals surface area contributed by atoms with Crippen LogP contribution in [0.25, 0.3) is 16.9 Å². The van der Waals surface area contributed by atoms with Gasteiger partial charge in [-0.1, -0.05) is 42.1 Å². The van der Waals surface area contributed by atoms with Crippen molar-refractivity contribution in [3.8, 4) is 11.4 Å². The minimum Gasteiger partial charge on any atom is -0.495 e. The number of aromatic amines is 1. The Morgan fingerprint density at radius 2 is 1.93 bits per heavy atom. The largest absolute Gasteiger partial charge is 0.495 e. The fourth-order valence-corrected chi connectivity index (χ4v) is 3.66. The van der Waals surface area contributed by atoms with Crippen LogP contribution in [0, 0.1) is 0 Å². The molecule has 146 valence electrons. The fourth-order valence-electron chi connectivity index (χ4n) is 2.85. The molecule has 0 atom stereocenters. The van der Waals surface area contributed by atoms with E-state index in [1.165, 1.54) is 18.1 Å². The number of H-pyrrole nitrogens is 1. The van der Waals surface area contributed by atoms with Crippen LogP contribution in [-0.2, 0) is 4.79 Å². The van der Waals surface area contributed by atoms with Gasteiger partial charge in [0.15, 0.2) is 16.3 Å². The van der Waals surface area contributed by atoms with Gasteiger partial charge in [0.25, 0.3) is 5.56 Å². The maximum Gasteiger partial charge on any atom is 0.278 e. The topological polar surface area (TPSA) is 102 Å². The van der Waals surface area contributed by atoms with Crippen LogP contribution >= 0.6 is 11.8 Å². The SMILES string of the molecule is COc1ccccc1NC(=O)CSc1nc2c(=O)[nH]cnc2n1-c1ccccc1. The first kappa shape index (κ1) is 18.8. The van der Waals surface area contributed by atoms with Gasteiger partial charge in [-0.25, -0.2) is 9.97 Å².